The molecule has 0 aromatic heterocycles. The Morgan fingerprint density at radius 1 is 0.968 bits per heavy atom. The summed E-state index contributed by atoms with van der Waals surface area (Å²) in [6.45, 7) is 0.355. The van der Waals surface area contributed by atoms with Crippen LogP contribution < -0.4 is 10.6 Å². The molecule has 1 aliphatic rings. The Bertz CT molecular complexity index is 993. The third-order valence-electron chi connectivity index (χ3n) is 4.98. The number of anilines is 1. The summed E-state index contributed by atoms with van der Waals surface area (Å²) in [7, 11) is 0. The molecular formula is C21H19BrF3N3O3. The number of halogens is 4. The highest BCUT2D eigenvalue weighted by atomic mass is 79.9. The molecule has 0 radical (unpaired) electrons. The molecule has 1 saturated heterocycles. The van der Waals surface area contributed by atoms with Crippen molar-refractivity contribution in [3.8, 4) is 0 Å². The number of amides is 3. The number of likely N-dealkylation sites (tertiary alicyclic amines) is 1. The average molecular weight is 498 g/mol. The topological polar surface area (TPSA) is 78.5 Å². The van der Waals surface area contributed by atoms with Gasteiger partial charge < -0.3 is 15.5 Å². The molecule has 164 valence electrons. The molecule has 2 N–H and O–H groups in total. The van der Waals surface area contributed by atoms with Crippen molar-refractivity contribution in [2.24, 2.45) is 5.92 Å². The van der Waals surface area contributed by atoms with Crippen molar-refractivity contribution in [3.05, 3.63) is 63.9 Å². The SMILES string of the molecule is O=C(CNC(=O)C1CCN(C(=O)c2ccc(Br)cc2)CC1)Nc1ccc(F)c(F)c1F. The fourth-order valence-electron chi connectivity index (χ4n) is 3.25. The van der Waals surface area contributed by atoms with Gasteiger partial charge in [0, 0.05) is 29.0 Å². The van der Waals surface area contributed by atoms with E-state index in [2.05, 4.69) is 26.6 Å². The van der Waals surface area contributed by atoms with Crippen molar-refractivity contribution in [1.29, 1.82) is 0 Å². The second-order valence-corrected chi connectivity index (χ2v) is 7.98. The molecule has 1 fully saturated rings. The number of carbonyl (C=O) groups is 3. The van der Waals surface area contributed by atoms with Crippen LogP contribution in [0.3, 0.4) is 0 Å². The standard InChI is InChI=1S/C21H19BrF3N3O3/c22-14-3-1-13(2-4-14)21(31)28-9-7-12(8-10-28)20(30)26-11-17(29)27-16-6-5-15(23)18(24)19(16)25/h1-6,12H,7-11H2,(H,26,30)(H,27,29). The Morgan fingerprint density at radius 3 is 2.26 bits per heavy atom. The van der Waals surface area contributed by atoms with E-state index in [-0.39, 0.29) is 17.7 Å². The minimum Gasteiger partial charge on any atom is -0.347 e. The van der Waals surface area contributed by atoms with Crippen molar-refractivity contribution < 1.29 is 27.6 Å². The van der Waals surface area contributed by atoms with Crippen LogP contribution in [0.15, 0.2) is 40.9 Å². The van der Waals surface area contributed by atoms with Gasteiger partial charge in [0.2, 0.25) is 11.8 Å². The number of piperidine rings is 1. The average Bonchev–Trinajstić information content (AvgIpc) is 2.78. The van der Waals surface area contributed by atoms with E-state index in [1.807, 2.05) is 0 Å². The Kier molecular flexibility index (Phi) is 7.32. The minimum absolute atomic E-state index is 0.112. The summed E-state index contributed by atoms with van der Waals surface area (Å²) in [5.41, 5.74) is 0.0464. The molecule has 2 aromatic carbocycles. The van der Waals surface area contributed by atoms with E-state index in [9.17, 15) is 27.6 Å². The lowest BCUT2D eigenvalue weighted by atomic mass is 9.95. The number of carbonyl (C=O) groups excluding carboxylic acids is 3. The second kappa shape index (κ2) is 9.95. The van der Waals surface area contributed by atoms with Crippen LogP contribution in [0.4, 0.5) is 18.9 Å². The molecule has 0 spiro atoms. The fourth-order valence-corrected chi connectivity index (χ4v) is 3.51. The molecule has 1 heterocycles. The summed E-state index contributed by atoms with van der Waals surface area (Å²) in [5.74, 6) is -6.19. The molecule has 10 heteroatoms. The molecule has 3 amide bonds. The minimum atomic E-state index is -1.69. The number of benzene rings is 2. The molecule has 0 atom stereocenters. The third-order valence-corrected chi connectivity index (χ3v) is 5.51. The molecule has 2 aromatic rings. The first-order valence-corrected chi connectivity index (χ1v) is 10.3. The van der Waals surface area contributed by atoms with Crippen LogP contribution in [-0.2, 0) is 9.59 Å². The highest BCUT2D eigenvalue weighted by Crippen LogP contribution is 2.21. The zero-order valence-corrected chi connectivity index (χ0v) is 17.8. The maximum Gasteiger partial charge on any atom is 0.253 e. The van der Waals surface area contributed by atoms with Gasteiger partial charge in [0.1, 0.15) is 0 Å². The van der Waals surface area contributed by atoms with Crippen LogP contribution >= 0.6 is 15.9 Å². The molecule has 6 nitrogen and oxygen atoms in total. The van der Waals surface area contributed by atoms with Crippen molar-refractivity contribution in [2.75, 3.05) is 25.0 Å². The molecular weight excluding hydrogens is 479 g/mol. The first kappa shape index (κ1) is 22.8. The van der Waals surface area contributed by atoms with Gasteiger partial charge in [-0.15, -0.1) is 0 Å². The maximum absolute atomic E-state index is 13.6. The molecule has 3 rings (SSSR count). The summed E-state index contributed by atoms with van der Waals surface area (Å²) < 4.78 is 40.6. The number of hydrogen-bond donors (Lipinski definition) is 2. The summed E-state index contributed by atoms with van der Waals surface area (Å²) in [6, 6.07) is 8.59. The Hall–Kier alpha value is -2.88. The Morgan fingerprint density at radius 2 is 1.61 bits per heavy atom. The molecule has 0 saturated carbocycles. The van der Waals surface area contributed by atoms with Gasteiger partial charge in [-0.1, -0.05) is 15.9 Å². The van der Waals surface area contributed by atoms with E-state index in [1.165, 1.54) is 0 Å². The van der Waals surface area contributed by atoms with Crippen LogP contribution in [0.25, 0.3) is 0 Å². The third kappa shape index (κ3) is 5.63. The number of nitrogens with one attached hydrogen (secondary N) is 2. The summed E-state index contributed by atoms with van der Waals surface area (Å²) in [5, 5.41) is 4.54. The van der Waals surface area contributed by atoms with E-state index in [4.69, 9.17) is 0 Å². The quantitative estimate of drug-likeness (QED) is 0.620. The first-order chi connectivity index (χ1) is 14.8. The molecule has 0 unspecified atom stereocenters. The van der Waals surface area contributed by atoms with Gasteiger partial charge in [-0.05, 0) is 49.2 Å². The predicted molar refractivity (Wildman–Crippen MR) is 111 cm³/mol. The monoisotopic (exact) mass is 497 g/mol. The van der Waals surface area contributed by atoms with Crippen LogP contribution in [0.1, 0.15) is 23.2 Å². The van der Waals surface area contributed by atoms with Gasteiger partial charge in [0.05, 0.1) is 12.2 Å². The van der Waals surface area contributed by atoms with Gasteiger partial charge in [0.25, 0.3) is 5.91 Å². The molecule has 0 aliphatic carbocycles. The van der Waals surface area contributed by atoms with Crippen molar-refractivity contribution >= 4 is 39.3 Å². The van der Waals surface area contributed by atoms with Crippen molar-refractivity contribution in [3.63, 3.8) is 0 Å². The van der Waals surface area contributed by atoms with Crippen LogP contribution in [0.2, 0.25) is 0 Å². The highest BCUT2D eigenvalue weighted by molar-refractivity contribution is 9.10. The van der Waals surface area contributed by atoms with E-state index in [0.717, 1.165) is 10.5 Å². The smallest absolute Gasteiger partial charge is 0.253 e. The lowest BCUT2D eigenvalue weighted by molar-refractivity contribution is -0.128. The zero-order chi connectivity index (χ0) is 22.5. The van der Waals surface area contributed by atoms with Gasteiger partial charge >= 0.3 is 0 Å². The van der Waals surface area contributed by atoms with Gasteiger partial charge in [-0.2, -0.15) is 0 Å². The summed E-state index contributed by atoms with van der Waals surface area (Å²) in [4.78, 5) is 38.4. The van der Waals surface area contributed by atoms with Crippen molar-refractivity contribution in [1.82, 2.24) is 10.2 Å². The van der Waals surface area contributed by atoms with E-state index in [1.54, 1.807) is 29.2 Å². The fraction of sp³-hybridized carbons (Fsp3) is 0.286. The van der Waals surface area contributed by atoms with Gasteiger partial charge in [-0.3, -0.25) is 14.4 Å². The lowest BCUT2D eigenvalue weighted by Crippen LogP contribution is -2.44. The largest absolute Gasteiger partial charge is 0.347 e. The van der Waals surface area contributed by atoms with Gasteiger partial charge in [-0.25, -0.2) is 13.2 Å². The lowest BCUT2D eigenvalue weighted by Gasteiger charge is -2.31. The predicted octanol–water partition coefficient (Wildman–Crippen LogP) is 3.47. The van der Waals surface area contributed by atoms with Crippen molar-refractivity contribution in [2.45, 2.75) is 12.8 Å². The summed E-state index contributed by atoms with van der Waals surface area (Å²) in [6.07, 6.45) is 0.876. The van der Waals surface area contributed by atoms with Crippen LogP contribution in [-0.4, -0.2) is 42.3 Å². The maximum atomic E-state index is 13.6. The molecule has 1 aliphatic heterocycles. The normalized spacial score (nSPS) is 14.3. The molecule has 0 bridgehead atoms. The second-order valence-electron chi connectivity index (χ2n) is 7.06. The van der Waals surface area contributed by atoms with Crippen LogP contribution in [0, 0.1) is 23.4 Å². The first-order valence-electron chi connectivity index (χ1n) is 9.52. The van der Waals surface area contributed by atoms with E-state index < -0.39 is 35.6 Å². The zero-order valence-electron chi connectivity index (χ0n) is 16.3. The van der Waals surface area contributed by atoms with Gasteiger partial charge in [0.15, 0.2) is 17.5 Å². The Labute approximate surface area is 184 Å². The number of hydrogen-bond acceptors (Lipinski definition) is 3. The molecule has 31 heavy (non-hydrogen) atoms. The van der Waals surface area contributed by atoms with Crippen LogP contribution in [0.5, 0.6) is 0 Å². The summed E-state index contributed by atoms with van der Waals surface area (Å²) >= 11 is 3.32. The number of nitrogens with zero attached hydrogens (tertiary/aromatic N) is 1. The number of rotatable bonds is 5. The van der Waals surface area contributed by atoms with E-state index >= 15 is 0 Å². The van der Waals surface area contributed by atoms with E-state index in [0.29, 0.717) is 37.6 Å². The highest BCUT2D eigenvalue weighted by Gasteiger charge is 2.28. The Balaban J connectivity index is 1.45.